The van der Waals surface area contributed by atoms with Crippen LogP contribution in [0, 0.1) is 11.5 Å². The Hall–Kier alpha value is -1.96. The maximum Gasteiger partial charge on any atom is 0.305 e. The normalized spacial score (nSPS) is 13.0. The minimum atomic E-state index is -2.21. The first kappa shape index (κ1) is 29.1. The Labute approximate surface area is 202 Å². The van der Waals surface area contributed by atoms with Crippen molar-refractivity contribution in [2.45, 2.75) is 77.5 Å². The standard InChI is InChI=1S/C25H42O6Si2/c1-25(2,3)33(11,12)31-19(15-16-32(8,9)10)22-18(13-14-21(26)28-5)17-20(27-4)23(29-6)24(22)30-7/h17,19H,13-14H2,1-12H3. The molecule has 0 fully saturated rings. The number of hydrogen-bond acceptors (Lipinski definition) is 6. The van der Waals surface area contributed by atoms with E-state index in [4.69, 9.17) is 23.4 Å². The van der Waals surface area contributed by atoms with Gasteiger partial charge in [0.05, 0.1) is 28.4 Å². The molecule has 1 atom stereocenters. The van der Waals surface area contributed by atoms with Crippen LogP contribution in [-0.4, -0.2) is 50.8 Å². The number of benzene rings is 1. The van der Waals surface area contributed by atoms with Gasteiger partial charge in [-0.05, 0) is 36.2 Å². The quantitative estimate of drug-likeness (QED) is 0.247. The molecule has 0 bridgehead atoms. The molecule has 0 saturated heterocycles. The van der Waals surface area contributed by atoms with Crippen LogP contribution >= 0.6 is 0 Å². The summed E-state index contributed by atoms with van der Waals surface area (Å²) >= 11 is 0. The van der Waals surface area contributed by atoms with Gasteiger partial charge in [0.1, 0.15) is 14.2 Å². The molecule has 0 aliphatic rings. The molecule has 33 heavy (non-hydrogen) atoms. The van der Waals surface area contributed by atoms with Crippen molar-refractivity contribution in [3.8, 4) is 28.7 Å². The number of ether oxygens (including phenoxy) is 4. The lowest BCUT2D eigenvalue weighted by Crippen LogP contribution is -2.42. The highest BCUT2D eigenvalue weighted by Gasteiger charge is 2.41. The second-order valence-electron chi connectivity index (χ2n) is 10.6. The van der Waals surface area contributed by atoms with Crippen LogP contribution in [0.15, 0.2) is 6.07 Å². The zero-order chi connectivity index (χ0) is 25.6. The fraction of sp³-hybridized carbons (Fsp3) is 0.640. The van der Waals surface area contributed by atoms with E-state index in [9.17, 15) is 4.79 Å². The maximum absolute atomic E-state index is 12.0. The van der Waals surface area contributed by atoms with E-state index in [2.05, 4.69) is 65.0 Å². The van der Waals surface area contributed by atoms with Gasteiger partial charge in [-0.3, -0.25) is 4.79 Å². The van der Waals surface area contributed by atoms with E-state index >= 15 is 0 Å². The molecule has 186 valence electrons. The molecule has 0 radical (unpaired) electrons. The number of rotatable bonds is 9. The minimum Gasteiger partial charge on any atom is -0.493 e. The number of methoxy groups -OCH3 is 4. The number of aryl methyl sites for hydroxylation is 1. The van der Waals surface area contributed by atoms with Crippen molar-refractivity contribution in [3.63, 3.8) is 0 Å². The molecular weight excluding hydrogens is 452 g/mol. The Morgan fingerprint density at radius 3 is 1.97 bits per heavy atom. The SMILES string of the molecule is COC(=O)CCc1cc(OC)c(OC)c(OC)c1C(C#C[Si](C)(C)C)O[Si](C)(C)C(C)(C)C. The molecule has 1 aromatic rings. The highest BCUT2D eigenvalue weighted by molar-refractivity contribution is 6.83. The van der Waals surface area contributed by atoms with Gasteiger partial charge in [-0.15, -0.1) is 5.54 Å². The summed E-state index contributed by atoms with van der Waals surface area (Å²) < 4.78 is 28.8. The lowest BCUT2D eigenvalue weighted by atomic mass is 9.96. The number of carbonyl (C=O) groups excluding carboxylic acids is 1. The van der Waals surface area contributed by atoms with Crippen molar-refractivity contribution >= 4 is 22.4 Å². The van der Waals surface area contributed by atoms with Crippen molar-refractivity contribution in [1.82, 2.24) is 0 Å². The molecule has 0 aliphatic heterocycles. The molecule has 0 amide bonds. The summed E-state index contributed by atoms with van der Waals surface area (Å²) in [5.41, 5.74) is 5.13. The fourth-order valence-corrected chi connectivity index (χ4v) is 4.66. The van der Waals surface area contributed by atoms with E-state index in [1.807, 2.05) is 6.07 Å². The Balaban J connectivity index is 3.89. The van der Waals surface area contributed by atoms with Gasteiger partial charge in [-0.1, -0.05) is 46.3 Å². The summed E-state index contributed by atoms with van der Waals surface area (Å²) in [6, 6.07) is 1.89. The summed E-state index contributed by atoms with van der Waals surface area (Å²) in [4.78, 5) is 12.0. The van der Waals surface area contributed by atoms with Crippen molar-refractivity contribution in [1.29, 1.82) is 0 Å². The molecule has 0 spiro atoms. The van der Waals surface area contributed by atoms with E-state index in [1.54, 1.807) is 21.3 Å². The Bertz CT molecular complexity index is 885. The molecule has 1 aromatic carbocycles. The third-order valence-electron chi connectivity index (χ3n) is 5.84. The Kier molecular flexibility index (Phi) is 10.1. The smallest absolute Gasteiger partial charge is 0.305 e. The van der Waals surface area contributed by atoms with Crippen molar-refractivity contribution in [3.05, 3.63) is 17.2 Å². The Morgan fingerprint density at radius 1 is 0.970 bits per heavy atom. The second-order valence-corrected chi connectivity index (χ2v) is 20.1. The first-order valence-electron chi connectivity index (χ1n) is 11.2. The van der Waals surface area contributed by atoms with Crippen LogP contribution in [0.3, 0.4) is 0 Å². The highest BCUT2D eigenvalue weighted by Crippen LogP contribution is 2.48. The molecule has 0 aliphatic carbocycles. The third-order valence-corrected chi connectivity index (χ3v) is 11.2. The zero-order valence-corrected chi connectivity index (χ0v) is 24.5. The monoisotopic (exact) mass is 494 g/mol. The average molecular weight is 495 g/mol. The molecule has 6 nitrogen and oxygen atoms in total. The van der Waals surface area contributed by atoms with Gasteiger partial charge in [-0.25, -0.2) is 0 Å². The Morgan fingerprint density at radius 2 is 1.55 bits per heavy atom. The molecule has 8 heteroatoms. The van der Waals surface area contributed by atoms with Crippen LogP contribution in [0.5, 0.6) is 17.2 Å². The lowest BCUT2D eigenvalue weighted by molar-refractivity contribution is -0.140. The molecule has 0 aromatic heterocycles. The third kappa shape index (κ3) is 7.80. The predicted octanol–water partition coefficient (Wildman–Crippen LogP) is 5.76. The number of esters is 1. The molecular formula is C25H42O6Si2. The second kappa shape index (κ2) is 11.5. The topological polar surface area (TPSA) is 63.2 Å². The summed E-state index contributed by atoms with van der Waals surface area (Å²) in [6.07, 6.45) is 0.126. The fourth-order valence-electron chi connectivity index (χ4n) is 2.98. The van der Waals surface area contributed by atoms with Gasteiger partial charge < -0.3 is 23.4 Å². The van der Waals surface area contributed by atoms with Crippen molar-refractivity contribution in [2.75, 3.05) is 28.4 Å². The largest absolute Gasteiger partial charge is 0.493 e. The lowest BCUT2D eigenvalue weighted by Gasteiger charge is -2.39. The van der Waals surface area contributed by atoms with E-state index in [0.717, 1.165) is 11.1 Å². The molecule has 0 N–H and O–H groups in total. The van der Waals surface area contributed by atoms with Crippen LogP contribution in [0.4, 0.5) is 0 Å². The molecule has 1 unspecified atom stereocenters. The maximum atomic E-state index is 12.0. The molecule has 1 rings (SSSR count). The van der Waals surface area contributed by atoms with E-state index < -0.39 is 22.5 Å². The van der Waals surface area contributed by atoms with Crippen LogP contribution in [0.2, 0.25) is 37.8 Å². The summed E-state index contributed by atoms with van der Waals surface area (Å²) in [5, 5.41) is -0.0118. The molecule has 0 heterocycles. The van der Waals surface area contributed by atoms with Crippen molar-refractivity contribution < 1.29 is 28.2 Å². The van der Waals surface area contributed by atoms with Gasteiger partial charge in [0.2, 0.25) is 5.75 Å². The summed E-state index contributed by atoms with van der Waals surface area (Å²) in [5.74, 6) is 4.68. The average Bonchev–Trinajstić information content (AvgIpc) is 2.71. The van der Waals surface area contributed by atoms with Crippen LogP contribution in [0.25, 0.3) is 0 Å². The highest BCUT2D eigenvalue weighted by atomic mass is 28.4. The number of hydrogen-bond donors (Lipinski definition) is 0. The van der Waals surface area contributed by atoms with Gasteiger partial charge in [-0.2, -0.15) is 0 Å². The zero-order valence-electron chi connectivity index (χ0n) is 22.5. The summed E-state index contributed by atoms with van der Waals surface area (Å²) in [6.45, 7) is 17.6. The van der Waals surface area contributed by atoms with E-state index in [1.165, 1.54) is 7.11 Å². The predicted molar refractivity (Wildman–Crippen MR) is 139 cm³/mol. The molecule has 0 saturated carbocycles. The minimum absolute atomic E-state index is 0.0118. The van der Waals surface area contributed by atoms with E-state index in [-0.39, 0.29) is 17.4 Å². The number of carbonyl (C=O) groups is 1. The van der Waals surface area contributed by atoms with Crippen LogP contribution < -0.4 is 14.2 Å². The van der Waals surface area contributed by atoms with Crippen LogP contribution in [-0.2, 0) is 20.4 Å². The van der Waals surface area contributed by atoms with E-state index in [0.29, 0.717) is 23.7 Å². The summed E-state index contributed by atoms with van der Waals surface area (Å²) in [7, 11) is 2.23. The van der Waals surface area contributed by atoms with Crippen molar-refractivity contribution in [2.24, 2.45) is 0 Å². The van der Waals surface area contributed by atoms with Gasteiger partial charge in [0.15, 0.2) is 19.8 Å². The van der Waals surface area contributed by atoms with Gasteiger partial charge in [0, 0.05) is 12.0 Å². The first-order chi connectivity index (χ1) is 15.1. The van der Waals surface area contributed by atoms with Gasteiger partial charge >= 0.3 is 5.97 Å². The van der Waals surface area contributed by atoms with Crippen LogP contribution in [0.1, 0.15) is 44.4 Å². The van der Waals surface area contributed by atoms with Gasteiger partial charge in [0.25, 0.3) is 0 Å². The first-order valence-corrected chi connectivity index (χ1v) is 17.6.